The molecule has 6 nitrogen and oxygen atoms in total. The summed E-state index contributed by atoms with van der Waals surface area (Å²) in [6.45, 7) is 3.76. The van der Waals surface area contributed by atoms with Crippen molar-refractivity contribution in [2.75, 3.05) is 11.9 Å². The number of rotatable bonds is 5. The van der Waals surface area contributed by atoms with Crippen LogP contribution in [0.4, 0.5) is 5.69 Å². The van der Waals surface area contributed by atoms with Crippen molar-refractivity contribution in [1.82, 2.24) is 10.3 Å². The van der Waals surface area contributed by atoms with Crippen LogP contribution in [0.2, 0.25) is 0 Å². The Morgan fingerprint density at radius 3 is 2.48 bits per heavy atom. The van der Waals surface area contributed by atoms with Gasteiger partial charge >= 0.3 is 0 Å². The van der Waals surface area contributed by atoms with Crippen LogP contribution >= 0.6 is 0 Å². The van der Waals surface area contributed by atoms with Crippen LogP contribution in [-0.2, 0) is 11.2 Å². The van der Waals surface area contributed by atoms with Gasteiger partial charge in [-0.05, 0) is 60.7 Å². The van der Waals surface area contributed by atoms with Crippen LogP contribution in [0.15, 0.2) is 53.3 Å². The molecule has 1 aromatic heterocycles. The Morgan fingerprint density at radius 2 is 1.78 bits per heavy atom. The van der Waals surface area contributed by atoms with Gasteiger partial charge in [-0.25, -0.2) is 0 Å². The molecule has 138 valence electrons. The first kappa shape index (κ1) is 18.4. The molecular weight excluding hydrogens is 342 g/mol. The first-order chi connectivity index (χ1) is 12.9. The highest BCUT2D eigenvalue weighted by atomic mass is 16.2. The van der Waals surface area contributed by atoms with Crippen molar-refractivity contribution < 1.29 is 9.59 Å². The molecule has 6 heteroatoms. The zero-order valence-corrected chi connectivity index (χ0v) is 15.3. The monoisotopic (exact) mass is 363 g/mol. The van der Waals surface area contributed by atoms with Gasteiger partial charge in [0.05, 0.1) is 0 Å². The summed E-state index contributed by atoms with van der Waals surface area (Å²) in [4.78, 5) is 38.3. The van der Waals surface area contributed by atoms with Gasteiger partial charge in [0.15, 0.2) is 0 Å². The zero-order valence-electron chi connectivity index (χ0n) is 15.3. The number of carbonyl (C=O) groups excluding carboxylic acids is 2. The summed E-state index contributed by atoms with van der Waals surface area (Å²) in [5, 5.41) is 6.43. The Hall–Kier alpha value is -3.41. The molecule has 0 unspecified atom stereocenters. The van der Waals surface area contributed by atoms with E-state index < -0.39 is 0 Å². The predicted molar refractivity (Wildman–Crippen MR) is 106 cm³/mol. The quantitative estimate of drug-likeness (QED) is 0.651. The van der Waals surface area contributed by atoms with Crippen molar-refractivity contribution in [2.24, 2.45) is 0 Å². The number of amides is 2. The molecule has 0 atom stereocenters. The first-order valence-electron chi connectivity index (χ1n) is 8.71. The van der Waals surface area contributed by atoms with Crippen molar-refractivity contribution in [2.45, 2.75) is 20.3 Å². The highest BCUT2D eigenvalue weighted by Gasteiger charge is 2.07. The maximum atomic E-state index is 12.2. The smallest absolute Gasteiger partial charge is 0.251 e. The van der Waals surface area contributed by atoms with Crippen LogP contribution in [0, 0.1) is 6.92 Å². The molecule has 3 aromatic rings. The molecule has 3 N–H and O–H groups in total. The van der Waals surface area contributed by atoms with Crippen molar-refractivity contribution in [3.63, 3.8) is 0 Å². The summed E-state index contributed by atoms with van der Waals surface area (Å²) in [6.07, 6.45) is 0.439. The minimum Gasteiger partial charge on any atom is -0.352 e. The van der Waals surface area contributed by atoms with Gasteiger partial charge in [0, 0.05) is 35.8 Å². The molecule has 0 radical (unpaired) electrons. The lowest BCUT2D eigenvalue weighted by Gasteiger charge is -2.07. The van der Waals surface area contributed by atoms with Gasteiger partial charge in [0.2, 0.25) is 5.91 Å². The summed E-state index contributed by atoms with van der Waals surface area (Å²) in [7, 11) is 0. The van der Waals surface area contributed by atoms with Gasteiger partial charge in [-0.1, -0.05) is 12.1 Å². The minimum absolute atomic E-state index is 0.137. The van der Waals surface area contributed by atoms with E-state index >= 15 is 0 Å². The maximum Gasteiger partial charge on any atom is 0.251 e. The molecule has 1 heterocycles. The van der Waals surface area contributed by atoms with Gasteiger partial charge in [0.1, 0.15) is 0 Å². The molecule has 2 amide bonds. The van der Waals surface area contributed by atoms with E-state index in [1.54, 1.807) is 24.3 Å². The Balaban J connectivity index is 1.62. The van der Waals surface area contributed by atoms with Crippen LogP contribution in [-0.4, -0.2) is 23.3 Å². The lowest BCUT2D eigenvalue weighted by atomic mass is 10.1. The van der Waals surface area contributed by atoms with E-state index in [0.717, 1.165) is 16.5 Å². The van der Waals surface area contributed by atoms with Crippen LogP contribution < -0.4 is 16.2 Å². The van der Waals surface area contributed by atoms with E-state index in [2.05, 4.69) is 15.6 Å². The minimum atomic E-state index is -0.225. The second-order valence-electron chi connectivity index (χ2n) is 6.48. The molecule has 0 fully saturated rings. The Labute approximate surface area is 156 Å². The number of aromatic nitrogens is 1. The van der Waals surface area contributed by atoms with E-state index in [4.69, 9.17) is 0 Å². The summed E-state index contributed by atoms with van der Waals surface area (Å²) >= 11 is 0. The van der Waals surface area contributed by atoms with Gasteiger partial charge in [-0.3, -0.25) is 14.4 Å². The molecule has 0 aliphatic carbocycles. The number of anilines is 1. The molecule has 3 rings (SSSR count). The van der Waals surface area contributed by atoms with E-state index in [1.807, 2.05) is 31.2 Å². The lowest BCUT2D eigenvalue weighted by Crippen LogP contribution is -2.27. The summed E-state index contributed by atoms with van der Waals surface area (Å²) in [5.74, 6) is -0.389. The van der Waals surface area contributed by atoms with E-state index in [1.165, 1.54) is 6.92 Å². The maximum absolute atomic E-state index is 12.2. The third-order valence-electron chi connectivity index (χ3n) is 4.23. The molecular formula is C21H21N3O3. The van der Waals surface area contributed by atoms with Crippen molar-refractivity contribution in [1.29, 1.82) is 0 Å². The van der Waals surface area contributed by atoms with E-state index in [-0.39, 0.29) is 17.4 Å². The Kier molecular flexibility index (Phi) is 5.35. The van der Waals surface area contributed by atoms with E-state index in [9.17, 15) is 14.4 Å². The number of H-pyrrole nitrogens is 1. The van der Waals surface area contributed by atoms with Crippen LogP contribution in [0.25, 0.3) is 10.9 Å². The average Bonchev–Trinajstić information content (AvgIpc) is 2.62. The third-order valence-corrected chi connectivity index (χ3v) is 4.23. The fourth-order valence-electron chi connectivity index (χ4n) is 2.87. The number of aryl methyl sites for hydroxylation is 1. The number of fused-ring (bicyclic) bond motifs is 1. The molecule has 0 saturated carbocycles. The van der Waals surface area contributed by atoms with Crippen molar-refractivity contribution >= 4 is 28.4 Å². The standard InChI is InChI=1S/C21H21N3O3/c1-13-3-4-16-12-17(21(27)24-19(16)11-13)9-10-22-20(26)15-5-7-18(8-6-15)23-14(2)25/h3-8,11-12H,9-10H2,1-2H3,(H,22,26)(H,23,25)(H,24,27). The number of nitrogens with one attached hydrogen (secondary N) is 3. The van der Waals surface area contributed by atoms with E-state index in [0.29, 0.717) is 29.8 Å². The first-order valence-corrected chi connectivity index (χ1v) is 8.71. The fourth-order valence-corrected chi connectivity index (χ4v) is 2.87. The Morgan fingerprint density at radius 1 is 1.04 bits per heavy atom. The number of pyridine rings is 1. The fraction of sp³-hybridized carbons (Fsp3) is 0.190. The van der Waals surface area contributed by atoms with Crippen LogP contribution in [0.3, 0.4) is 0 Å². The van der Waals surface area contributed by atoms with Gasteiger partial charge in [-0.2, -0.15) is 0 Å². The topological polar surface area (TPSA) is 91.1 Å². The Bertz CT molecular complexity index is 1050. The molecule has 27 heavy (non-hydrogen) atoms. The van der Waals surface area contributed by atoms with Crippen LogP contribution in [0.1, 0.15) is 28.4 Å². The highest BCUT2D eigenvalue weighted by molar-refractivity contribution is 5.95. The number of hydrogen-bond donors (Lipinski definition) is 3. The van der Waals surface area contributed by atoms with Gasteiger partial charge in [-0.15, -0.1) is 0 Å². The second-order valence-corrected chi connectivity index (χ2v) is 6.48. The predicted octanol–water partition coefficient (Wildman–Crippen LogP) is 2.77. The van der Waals surface area contributed by atoms with Gasteiger partial charge in [0.25, 0.3) is 11.5 Å². The lowest BCUT2D eigenvalue weighted by molar-refractivity contribution is -0.114. The second kappa shape index (κ2) is 7.86. The highest BCUT2D eigenvalue weighted by Crippen LogP contribution is 2.13. The summed E-state index contributed by atoms with van der Waals surface area (Å²) in [5.41, 5.74) is 3.52. The molecule has 0 aliphatic heterocycles. The summed E-state index contributed by atoms with van der Waals surface area (Å²) < 4.78 is 0. The number of carbonyl (C=O) groups is 2. The molecule has 0 aliphatic rings. The summed E-state index contributed by atoms with van der Waals surface area (Å²) in [6, 6.07) is 14.4. The normalized spacial score (nSPS) is 10.6. The SMILES string of the molecule is CC(=O)Nc1ccc(C(=O)NCCc2cc3ccc(C)cc3[nH]c2=O)cc1. The molecule has 2 aromatic carbocycles. The molecule has 0 spiro atoms. The molecule has 0 saturated heterocycles. The van der Waals surface area contributed by atoms with Crippen LogP contribution in [0.5, 0.6) is 0 Å². The number of benzene rings is 2. The van der Waals surface area contributed by atoms with Gasteiger partial charge < -0.3 is 15.6 Å². The number of hydrogen-bond acceptors (Lipinski definition) is 3. The van der Waals surface area contributed by atoms with Crippen molar-refractivity contribution in [3.8, 4) is 0 Å². The zero-order chi connectivity index (χ0) is 19.4. The van der Waals surface area contributed by atoms with Crippen molar-refractivity contribution in [3.05, 3.63) is 75.6 Å². The molecule has 0 bridgehead atoms. The average molecular weight is 363 g/mol. The largest absolute Gasteiger partial charge is 0.352 e. The third kappa shape index (κ3) is 4.61. The number of aromatic amines is 1.